The van der Waals surface area contributed by atoms with Crippen LogP contribution >= 0.6 is 0 Å². The van der Waals surface area contributed by atoms with Crippen LogP contribution in [0.1, 0.15) is 31.7 Å². The second kappa shape index (κ2) is 4.57. The third kappa shape index (κ3) is 1.84. The predicted molar refractivity (Wildman–Crippen MR) is 87.3 cm³/mol. The number of ether oxygens (including phenoxy) is 1. The monoisotopic (exact) mass is 309 g/mol. The number of amides is 1. The van der Waals surface area contributed by atoms with Crippen molar-refractivity contribution in [1.82, 2.24) is 4.90 Å². The molecule has 2 aromatic rings. The molecule has 2 aromatic carbocycles. The maximum absolute atomic E-state index is 12.8. The van der Waals surface area contributed by atoms with Gasteiger partial charge in [-0.05, 0) is 30.7 Å². The van der Waals surface area contributed by atoms with Gasteiger partial charge in [-0.15, -0.1) is 0 Å². The fourth-order valence-electron chi connectivity index (χ4n) is 4.10. The van der Waals surface area contributed by atoms with Crippen molar-refractivity contribution in [2.75, 3.05) is 7.05 Å². The van der Waals surface area contributed by atoms with Crippen LogP contribution in [0.3, 0.4) is 0 Å². The van der Waals surface area contributed by atoms with E-state index in [-0.39, 0.29) is 17.6 Å². The van der Waals surface area contributed by atoms with Crippen molar-refractivity contribution in [2.24, 2.45) is 5.92 Å². The molecule has 3 unspecified atom stereocenters. The van der Waals surface area contributed by atoms with Gasteiger partial charge in [0.2, 0.25) is 5.91 Å². The first kappa shape index (κ1) is 14.2. The molecule has 0 radical (unpaired) electrons. The second-order valence-electron chi connectivity index (χ2n) is 6.77. The molecule has 1 saturated heterocycles. The Hall–Kier alpha value is -2.36. The third-order valence-corrected chi connectivity index (χ3v) is 5.38. The van der Waals surface area contributed by atoms with Crippen LogP contribution in [0.4, 0.5) is 0 Å². The summed E-state index contributed by atoms with van der Waals surface area (Å²) >= 11 is 0. The zero-order chi connectivity index (χ0) is 16.4. The fourth-order valence-corrected chi connectivity index (χ4v) is 4.10. The number of carbonyl (C=O) groups excluding carboxylic acids is 2. The Labute approximate surface area is 135 Å². The van der Waals surface area contributed by atoms with Gasteiger partial charge >= 0.3 is 0 Å². The Bertz CT molecular complexity index is 844. The van der Waals surface area contributed by atoms with Crippen LogP contribution in [-0.4, -0.2) is 29.4 Å². The summed E-state index contributed by atoms with van der Waals surface area (Å²) in [6, 6.07) is 12.1. The van der Waals surface area contributed by atoms with Crippen LogP contribution in [0, 0.1) is 5.92 Å². The second-order valence-corrected chi connectivity index (χ2v) is 6.77. The van der Waals surface area contributed by atoms with Crippen LogP contribution in [0.2, 0.25) is 0 Å². The van der Waals surface area contributed by atoms with Crippen molar-refractivity contribution >= 4 is 22.5 Å². The maximum Gasteiger partial charge on any atom is 0.236 e. The van der Waals surface area contributed by atoms with Gasteiger partial charge < -0.3 is 9.64 Å². The van der Waals surface area contributed by atoms with E-state index < -0.39 is 11.6 Å². The quantitative estimate of drug-likeness (QED) is 0.761. The normalized spacial score (nSPS) is 29.2. The Morgan fingerprint density at radius 3 is 2.74 bits per heavy atom. The number of hydrogen-bond donors (Lipinski definition) is 0. The van der Waals surface area contributed by atoms with E-state index in [1.807, 2.05) is 43.3 Å². The highest BCUT2D eigenvalue weighted by molar-refractivity contribution is 6.03. The summed E-state index contributed by atoms with van der Waals surface area (Å²) in [5.74, 6) is -0.185. The molecule has 4 rings (SSSR count). The zero-order valence-corrected chi connectivity index (χ0v) is 13.5. The van der Waals surface area contributed by atoms with Crippen molar-refractivity contribution in [3.05, 3.63) is 42.0 Å². The molecule has 0 aromatic heterocycles. The van der Waals surface area contributed by atoms with Gasteiger partial charge in [0.05, 0.1) is 0 Å². The minimum Gasteiger partial charge on any atom is -0.468 e. The van der Waals surface area contributed by atoms with E-state index in [4.69, 9.17) is 4.74 Å². The fraction of sp³-hybridized carbons (Fsp3) is 0.368. The highest BCUT2D eigenvalue weighted by Crippen LogP contribution is 2.51. The molecule has 0 N–H and O–H groups in total. The van der Waals surface area contributed by atoms with Crippen molar-refractivity contribution in [2.45, 2.75) is 31.9 Å². The molecule has 0 aliphatic carbocycles. The lowest BCUT2D eigenvalue weighted by Crippen LogP contribution is -2.62. The van der Waals surface area contributed by atoms with E-state index in [1.165, 1.54) is 6.92 Å². The number of fused-ring (bicyclic) bond motifs is 6. The molecule has 23 heavy (non-hydrogen) atoms. The van der Waals surface area contributed by atoms with E-state index >= 15 is 0 Å². The number of benzene rings is 2. The molecular formula is C19H19NO3. The summed E-state index contributed by atoms with van der Waals surface area (Å²) in [7, 11) is 1.72. The number of rotatable bonds is 1. The average Bonchev–Trinajstić information content (AvgIpc) is 2.52. The average molecular weight is 309 g/mol. The molecule has 4 nitrogen and oxygen atoms in total. The standard InChI is InChI=1S/C19H19NO3/c1-11(21)16-14-10-19(2,20(3)18(16)22)23-15-9-8-12-6-4-5-7-13(12)17(14)15/h4-9,14,16H,10H2,1-3H3. The number of piperidine rings is 1. The summed E-state index contributed by atoms with van der Waals surface area (Å²) in [6.07, 6.45) is 0.639. The van der Waals surface area contributed by atoms with Gasteiger partial charge in [0.15, 0.2) is 5.72 Å². The number of likely N-dealkylation sites (tertiary alicyclic amines) is 1. The van der Waals surface area contributed by atoms with E-state index in [0.717, 1.165) is 22.1 Å². The van der Waals surface area contributed by atoms with Crippen LogP contribution in [0.5, 0.6) is 5.75 Å². The first-order valence-corrected chi connectivity index (χ1v) is 7.91. The van der Waals surface area contributed by atoms with E-state index in [0.29, 0.717) is 6.42 Å². The highest BCUT2D eigenvalue weighted by Gasteiger charge is 2.54. The van der Waals surface area contributed by atoms with Gasteiger partial charge in [-0.3, -0.25) is 9.59 Å². The summed E-state index contributed by atoms with van der Waals surface area (Å²) in [5, 5.41) is 2.17. The number of hydrogen-bond acceptors (Lipinski definition) is 3. The van der Waals surface area contributed by atoms with Crippen molar-refractivity contribution in [1.29, 1.82) is 0 Å². The summed E-state index contributed by atoms with van der Waals surface area (Å²) in [5.41, 5.74) is 0.311. The molecule has 3 atom stereocenters. The number of nitrogens with zero attached hydrogens (tertiary/aromatic N) is 1. The first-order valence-electron chi connectivity index (χ1n) is 7.91. The molecule has 0 spiro atoms. The van der Waals surface area contributed by atoms with Crippen LogP contribution in [0.25, 0.3) is 10.8 Å². The first-order chi connectivity index (χ1) is 10.9. The maximum atomic E-state index is 12.8. The highest BCUT2D eigenvalue weighted by atomic mass is 16.5. The summed E-state index contributed by atoms with van der Waals surface area (Å²) in [6.45, 7) is 3.44. The lowest BCUT2D eigenvalue weighted by atomic mass is 9.71. The van der Waals surface area contributed by atoms with Crippen LogP contribution in [0.15, 0.2) is 36.4 Å². The molecule has 0 saturated carbocycles. The zero-order valence-electron chi connectivity index (χ0n) is 13.5. The predicted octanol–water partition coefficient (Wildman–Crippen LogP) is 3.10. The van der Waals surface area contributed by atoms with E-state index in [2.05, 4.69) is 0 Å². The Kier molecular flexibility index (Phi) is 2.83. The van der Waals surface area contributed by atoms with Gasteiger partial charge in [-0.25, -0.2) is 0 Å². The lowest BCUT2D eigenvalue weighted by molar-refractivity contribution is -0.170. The summed E-state index contributed by atoms with van der Waals surface area (Å²) < 4.78 is 6.20. The van der Waals surface area contributed by atoms with Gasteiger partial charge in [-0.2, -0.15) is 0 Å². The lowest BCUT2D eigenvalue weighted by Gasteiger charge is -2.51. The number of Topliss-reactive ketones (excluding diaryl/α,β-unsaturated/α-hetero) is 1. The SMILES string of the molecule is CC(=O)C1C(=O)N(C)C2(C)CC1c1c(ccc3ccccc13)O2. The molecule has 2 aliphatic heterocycles. The van der Waals surface area contributed by atoms with Crippen molar-refractivity contribution in [3.63, 3.8) is 0 Å². The van der Waals surface area contributed by atoms with Gasteiger partial charge in [0.25, 0.3) is 0 Å². The molecule has 2 aliphatic rings. The van der Waals surface area contributed by atoms with Gasteiger partial charge in [0.1, 0.15) is 17.5 Å². The van der Waals surface area contributed by atoms with Crippen LogP contribution in [-0.2, 0) is 9.59 Å². The molecule has 2 heterocycles. The topological polar surface area (TPSA) is 46.6 Å². The molecule has 4 heteroatoms. The Morgan fingerprint density at radius 1 is 1.26 bits per heavy atom. The third-order valence-electron chi connectivity index (χ3n) is 5.38. The Morgan fingerprint density at radius 2 is 2.00 bits per heavy atom. The molecule has 2 bridgehead atoms. The minimum atomic E-state index is -0.691. The van der Waals surface area contributed by atoms with E-state index in [1.54, 1.807) is 11.9 Å². The Balaban J connectivity index is 2.01. The smallest absolute Gasteiger partial charge is 0.236 e. The van der Waals surface area contributed by atoms with Gasteiger partial charge in [0, 0.05) is 24.9 Å². The number of carbonyl (C=O) groups is 2. The van der Waals surface area contributed by atoms with Crippen molar-refractivity contribution < 1.29 is 14.3 Å². The summed E-state index contributed by atoms with van der Waals surface area (Å²) in [4.78, 5) is 26.6. The van der Waals surface area contributed by atoms with Crippen LogP contribution < -0.4 is 4.74 Å². The molecule has 1 amide bonds. The molecule has 118 valence electrons. The van der Waals surface area contributed by atoms with Gasteiger partial charge in [-0.1, -0.05) is 30.3 Å². The van der Waals surface area contributed by atoms with Crippen molar-refractivity contribution in [3.8, 4) is 5.75 Å². The minimum absolute atomic E-state index is 0.0744. The molecule has 1 fully saturated rings. The van der Waals surface area contributed by atoms with E-state index in [9.17, 15) is 9.59 Å². The molecular weight excluding hydrogens is 290 g/mol. The largest absolute Gasteiger partial charge is 0.468 e. The number of ketones is 1.